The van der Waals surface area contributed by atoms with Gasteiger partial charge in [0.25, 0.3) is 5.91 Å². The summed E-state index contributed by atoms with van der Waals surface area (Å²) in [6, 6.07) is 4.36. The molecule has 1 aromatic carbocycles. The van der Waals surface area contributed by atoms with Crippen LogP contribution in [0.5, 0.6) is 0 Å². The fourth-order valence-corrected chi connectivity index (χ4v) is 3.06. The highest BCUT2D eigenvalue weighted by molar-refractivity contribution is 5.99. The number of rotatable bonds is 1. The Kier molecular flexibility index (Phi) is 2.31. The lowest BCUT2D eigenvalue weighted by molar-refractivity contribution is 0.0704. The zero-order valence-corrected chi connectivity index (χ0v) is 9.53. The molecule has 3 rings (SSSR count). The predicted molar refractivity (Wildman–Crippen MR) is 63.0 cm³/mol. The van der Waals surface area contributed by atoms with Crippen molar-refractivity contribution >= 4 is 11.6 Å². The fraction of sp³-hybridized carbons (Fsp3) is 0.462. The third-order valence-corrected chi connectivity index (χ3v) is 3.91. The molecule has 4 heteroatoms. The summed E-state index contributed by atoms with van der Waals surface area (Å²) in [4.78, 5) is 14.2. The second-order valence-electron chi connectivity index (χ2n) is 5.02. The van der Waals surface area contributed by atoms with E-state index in [1.807, 2.05) is 4.90 Å². The van der Waals surface area contributed by atoms with E-state index in [1.54, 1.807) is 0 Å². The molecule has 1 aromatic rings. The van der Waals surface area contributed by atoms with Gasteiger partial charge >= 0.3 is 0 Å². The van der Waals surface area contributed by atoms with Gasteiger partial charge < -0.3 is 10.6 Å². The van der Waals surface area contributed by atoms with Crippen LogP contribution >= 0.6 is 0 Å². The average Bonchev–Trinajstić information content (AvgIpc) is 2.89. The number of hydrogen-bond acceptors (Lipinski definition) is 2. The summed E-state index contributed by atoms with van der Waals surface area (Å²) in [6.07, 6.45) is 3.44. The number of carbonyl (C=O) groups is 1. The number of hydrogen-bond donors (Lipinski definition) is 1. The zero-order valence-electron chi connectivity index (χ0n) is 9.53. The van der Waals surface area contributed by atoms with Crippen LogP contribution < -0.4 is 5.73 Å². The van der Waals surface area contributed by atoms with Crippen molar-refractivity contribution < 1.29 is 9.18 Å². The molecule has 2 N–H and O–H groups in total. The normalized spacial score (nSPS) is 26.5. The molecule has 0 radical (unpaired) electrons. The first-order valence-corrected chi connectivity index (χ1v) is 6.01. The van der Waals surface area contributed by atoms with Gasteiger partial charge in [0, 0.05) is 18.3 Å². The molecule has 1 saturated heterocycles. The van der Waals surface area contributed by atoms with Crippen molar-refractivity contribution in [3.05, 3.63) is 29.6 Å². The minimum Gasteiger partial charge on any atom is -0.398 e. The minimum atomic E-state index is -0.401. The number of nitrogen functional groups attached to an aromatic ring is 1. The Morgan fingerprint density at radius 3 is 2.82 bits per heavy atom. The van der Waals surface area contributed by atoms with Gasteiger partial charge in [0.2, 0.25) is 0 Å². The van der Waals surface area contributed by atoms with Crippen LogP contribution in [0.15, 0.2) is 18.2 Å². The number of benzene rings is 1. The largest absolute Gasteiger partial charge is 0.398 e. The molecular weight excluding hydrogens is 219 g/mol. The van der Waals surface area contributed by atoms with Crippen LogP contribution in [0.25, 0.3) is 0 Å². The van der Waals surface area contributed by atoms with Crippen molar-refractivity contribution in [1.29, 1.82) is 0 Å². The maximum absolute atomic E-state index is 12.9. The SMILES string of the molecule is Nc1cc(F)ccc1C(=O)N1CC2CCC1C2. The van der Waals surface area contributed by atoms with Gasteiger partial charge in [-0.1, -0.05) is 0 Å². The quantitative estimate of drug-likeness (QED) is 0.756. The molecule has 2 atom stereocenters. The van der Waals surface area contributed by atoms with Gasteiger partial charge in [-0.2, -0.15) is 0 Å². The molecule has 0 aromatic heterocycles. The van der Waals surface area contributed by atoms with Crippen molar-refractivity contribution in [2.75, 3.05) is 12.3 Å². The van der Waals surface area contributed by atoms with Gasteiger partial charge in [0.05, 0.1) is 5.56 Å². The van der Waals surface area contributed by atoms with Crippen LogP contribution in [-0.2, 0) is 0 Å². The lowest BCUT2D eigenvalue weighted by Gasteiger charge is -2.27. The van der Waals surface area contributed by atoms with Crippen molar-refractivity contribution in [2.24, 2.45) is 5.92 Å². The molecule has 1 aliphatic carbocycles. The third kappa shape index (κ3) is 1.68. The smallest absolute Gasteiger partial charge is 0.256 e. The number of halogens is 1. The molecule has 1 heterocycles. The van der Waals surface area contributed by atoms with Crippen molar-refractivity contribution in [1.82, 2.24) is 4.90 Å². The number of amides is 1. The summed E-state index contributed by atoms with van der Waals surface area (Å²) in [6.45, 7) is 0.834. The van der Waals surface area contributed by atoms with Crippen LogP contribution in [0.3, 0.4) is 0 Å². The highest BCUT2D eigenvalue weighted by atomic mass is 19.1. The van der Waals surface area contributed by atoms with Gasteiger partial charge in [-0.25, -0.2) is 4.39 Å². The van der Waals surface area contributed by atoms with Crippen molar-refractivity contribution in [3.8, 4) is 0 Å². The van der Waals surface area contributed by atoms with Gasteiger partial charge in [-0.05, 0) is 43.4 Å². The van der Waals surface area contributed by atoms with Crippen molar-refractivity contribution in [3.63, 3.8) is 0 Å². The highest BCUT2D eigenvalue weighted by Crippen LogP contribution is 2.38. The first-order chi connectivity index (χ1) is 8.15. The summed E-state index contributed by atoms with van der Waals surface area (Å²) in [5.41, 5.74) is 6.36. The summed E-state index contributed by atoms with van der Waals surface area (Å²) < 4.78 is 12.9. The van der Waals surface area contributed by atoms with E-state index in [0.29, 0.717) is 17.5 Å². The summed E-state index contributed by atoms with van der Waals surface area (Å²) >= 11 is 0. The molecule has 2 aliphatic rings. The van der Waals surface area contributed by atoms with Crippen LogP contribution in [-0.4, -0.2) is 23.4 Å². The number of anilines is 1. The minimum absolute atomic E-state index is 0.0466. The first-order valence-electron chi connectivity index (χ1n) is 6.01. The average molecular weight is 234 g/mol. The number of piperidine rings is 1. The maximum Gasteiger partial charge on any atom is 0.256 e. The third-order valence-electron chi connectivity index (χ3n) is 3.91. The number of nitrogens with zero attached hydrogens (tertiary/aromatic N) is 1. The molecule has 2 unspecified atom stereocenters. The Hall–Kier alpha value is -1.58. The van der Waals surface area contributed by atoms with Gasteiger partial charge in [-0.3, -0.25) is 4.79 Å². The first kappa shape index (κ1) is 10.6. The van der Waals surface area contributed by atoms with Crippen LogP contribution in [0.4, 0.5) is 10.1 Å². The number of carbonyl (C=O) groups excluding carboxylic acids is 1. The molecule has 90 valence electrons. The molecule has 2 fully saturated rings. The van der Waals surface area contributed by atoms with Gasteiger partial charge in [0.1, 0.15) is 5.82 Å². The molecule has 3 nitrogen and oxygen atoms in total. The number of likely N-dealkylation sites (tertiary alicyclic amines) is 1. The Morgan fingerprint density at radius 2 is 2.24 bits per heavy atom. The molecular formula is C13H15FN2O. The van der Waals surface area contributed by atoms with Crippen LogP contribution in [0, 0.1) is 11.7 Å². The topological polar surface area (TPSA) is 46.3 Å². The van der Waals surface area contributed by atoms with Gasteiger partial charge in [-0.15, -0.1) is 0 Å². The lowest BCUT2D eigenvalue weighted by Crippen LogP contribution is -2.37. The Morgan fingerprint density at radius 1 is 1.41 bits per heavy atom. The lowest BCUT2D eigenvalue weighted by atomic mass is 10.1. The predicted octanol–water partition coefficient (Wildman–Crippen LogP) is 2.03. The summed E-state index contributed by atoms with van der Waals surface area (Å²) in [5.74, 6) is 0.210. The molecule has 1 saturated carbocycles. The molecule has 2 bridgehead atoms. The van der Waals surface area contributed by atoms with Crippen LogP contribution in [0.1, 0.15) is 29.6 Å². The summed E-state index contributed by atoms with van der Waals surface area (Å²) in [7, 11) is 0. The number of fused-ring (bicyclic) bond motifs is 2. The second kappa shape index (κ2) is 3.72. The second-order valence-corrected chi connectivity index (χ2v) is 5.02. The molecule has 17 heavy (non-hydrogen) atoms. The monoisotopic (exact) mass is 234 g/mol. The Labute approximate surface area is 99.4 Å². The standard InChI is InChI=1S/C13H15FN2O/c14-9-2-4-11(12(15)6-9)13(17)16-7-8-1-3-10(16)5-8/h2,4,6,8,10H,1,3,5,7,15H2. The van der Waals surface area contributed by atoms with E-state index in [4.69, 9.17) is 5.73 Å². The Bertz CT molecular complexity index is 474. The zero-order chi connectivity index (χ0) is 12.0. The van der Waals surface area contributed by atoms with E-state index in [9.17, 15) is 9.18 Å². The molecule has 1 aliphatic heterocycles. The van der Waals surface area contributed by atoms with E-state index in [1.165, 1.54) is 24.6 Å². The van der Waals surface area contributed by atoms with E-state index in [2.05, 4.69) is 0 Å². The van der Waals surface area contributed by atoms with E-state index >= 15 is 0 Å². The highest BCUT2D eigenvalue weighted by Gasteiger charge is 2.40. The molecule has 0 spiro atoms. The van der Waals surface area contributed by atoms with E-state index in [0.717, 1.165) is 19.4 Å². The number of nitrogens with two attached hydrogens (primary N) is 1. The van der Waals surface area contributed by atoms with Gasteiger partial charge in [0.15, 0.2) is 0 Å². The Balaban J connectivity index is 1.87. The van der Waals surface area contributed by atoms with Crippen LogP contribution in [0.2, 0.25) is 0 Å². The fourth-order valence-electron chi connectivity index (χ4n) is 3.06. The van der Waals surface area contributed by atoms with E-state index < -0.39 is 5.82 Å². The van der Waals surface area contributed by atoms with Crippen molar-refractivity contribution in [2.45, 2.75) is 25.3 Å². The van der Waals surface area contributed by atoms with E-state index in [-0.39, 0.29) is 11.6 Å². The molecule has 1 amide bonds. The summed E-state index contributed by atoms with van der Waals surface area (Å²) in [5, 5.41) is 0. The maximum atomic E-state index is 12.9.